The van der Waals surface area contributed by atoms with Crippen molar-refractivity contribution in [3.8, 4) is 0 Å². The van der Waals surface area contributed by atoms with Crippen molar-refractivity contribution in [1.29, 1.82) is 0 Å². The van der Waals surface area contributed by atoms with E-state index < -0.39 is 0 Å². The predicted molar refractivity (Wildman–Crippen MR) is 72.6 cm³/mol. The Bertz CT molecular complexity index is 304. The summed E-state index contributed by atoms with van der Waals surface area (Å²) in [6.07, 6.45) is 7.28. The molecule has 0 bridgehead atoms. The molecule has 1 heterocycles. The molecule has 5 nitrogen and oxygen atoms in total. The summed E-state index contributed by atoms with van der Waals surface area (Å²) < 4.78 is 0. The maximum atomic E-state index is 11.9. The molecule has 1 aliphatic carbocycles. The molecule has 2 rings (SSSR count). The van der Waals surface area contributed by atoms with E-state index in [1.807, 2.05) is 4.90 Å². The molecule has 2 aliphatic rings. The number of hydrogen-bond donors (Lipinski definition) is 2. The zero-order chi connectivity index (χ0) is 12.8. The minimum atomic E-state index is 0.182. The number of amides is 1. The topological polar surface area (TPSA) is 56.7 Å². The van der Waals surface area contributed by atoms with Gasteiger partial charge < -0.3 is 15.5 Å². The Kier molecular flexibility index (Phi) is 4.84. The van der Waals surface area contributed by atoms with E-state index in [9.17, 15) is 4.79 Å². The maximum Gasteiger partial charge on any atom is 0.241 e. The average molecular weight is 252 g/mol. The lowest BCUT2D eigenvalue weighted by Gasteiger charge is -2.19. The molecule has 1 saturated carbocycles. The summed E-state index contributed by atoms with van der Waals surface area (Å²) in [5.74, 6) is 0.941. The summed E-state index contributed by atoms with van der Waals surface area (Å²) in [7, 11) is 1.75. The second kappa shape index (κ2) is 6.61. The number of nitrogens with zero attached hydrogens (tertiary/aromatic N) is 2. The van der Waals surface area contributed by atoms with Crippen LogP contribution >= 0.6 is 0 Å². The minimum Gasteiger partial charge on any atom is -0.354 e. The highest BCUT2D eigenvalue weighted by Crippen LogP contribution is 2.17. The largest absolute Gasteiger partial charge is 0.354 e. The van der Waals surface area contributed by atoms with E-state index in [-0.39, 0.29) is 5.91 Å². The van der Waals surface area contributed by atoms with Crippen molar-refractivity contribution in [2.45, 2.75) is 44.6 Å². The zero-order valence-electron chi connectivity index (χ0n) is 11.2. The van der Waals surface area contributed by atoms with Gasteiger partial charge in [-0.2, -0.15) is 0 Å². The molecule has 0 aromatic carbocycles. The first-order valence-corrected chi connectivity index (χ1v) is 7.04. The summed E-state index contributed by atoms with van der Waals surface area (Å²) >= 11 is 0. The Morgan fingerprint density at radius 1 is 1.22 bits per heavy atom. The van der Waals surface area contributed by atoms with E-state index in [4.69, 9.17) is 0 Å². The van der Waals surface area contributed by atoms with E-state index in [1.165, 1.54) is 25.7 Å². The van der Waals surface area contributed by atoms with Crippen molar-refractivity contribution < 1.29 is 4.79 Å². The van der Waals surface area contributed by atoms with Crippen LogP contribution in [-0.4, -0.2) is 49.5 Å². The van der Waals surface area contributed by atoms with Crippen molar-refractivity contribution in [2.24, 2.45) is 4.99 Å². The van der Waals surface area contributed by atoms with Crippen LogP contribution in [0.2, 0.25) is 0 Å². The highest BCUT2D eigenvalue weighted by atomic mass is 16.2. The first-order valence-electron chi connectivity index (χ1n) is 7.04. The molecule has 1 aliphatic heterocycles. The fourth-order valence-corrected chi connectivity index (χ4v) is 2.70. The van der Waals surface area contributed by atoms with Gasteiger partial charge >= 0.3 is 0 Å². The van der Waals surface area contributed by atoms with Crippen LogP contribution in [0.25, 0.3) is 0 Å². The van der Waals surface area contributed by atoms with Crippen molar-refractivity contribution >= 4 is 11.9 Å². The van der Waals surface area contributed by atoms with E-state index in [2.05, 4.69) is 15.6 Å². The quantitative estimate of drug-likeness (QED) is 0.575. The number of guanidine groups is 1. The van der Waals surface area contributed by atoms with Gasteiger partial charge in [-0.25, -0.2) is 0 Å². The van der Waals surface area contributed by atoms with Crippen LogP contribution in [0.3, 0.4) is 0 Å². The molecule has 2 N–H and O–H groups in total. The smallest absolute Gasteiger partial charge is 0.241 e. The molecule has 0 radical (unpaired) electrons. The second-order valence-corrected chi connectivity index (χ2v) is 5.14. The summed E-state index contributed by atoms with van der Waals surface area (Å²) in [6.45, 7) is 2.18. The first kappa shape index (κ1) is 13.2. The molecule has 1 amide bonds. The Morgan fingerprint density at radius 2 is 1.89 bits per heavy atom. The Morgan fingerprint density at radius 3 is 2.50 bits per heavy atom. The minimum absolute atomic E-state index is 0.182. The molecule has 0 aromatic rings. The fraction of sp³-hybridized carbons (Fsp3) is 0.846. The van der Waals surface area contributed by atoms with Crippen LogP contribution in [-0.2, 0) is 4.79 Å². The van der Waals surface area contributed by atoms with Gasteiger partial charge in [0.15, 0.2) is 5.96 Å². The van der Waals surface area contributed by atoms with Gasteiger partial charge in [0.25, 0.3) is 0 Å². The number of nitrogens with one attached hydrogen (secondary N) is 2. The van der Waals surface area contributed by atoms with Gasteiger partial charge in [0.05, 0.1) is 6.54 Å². The van der Waals surface area contributed by atoms with Crippen molar-refractivity contribution in [3.05, 3.63) is 0 Å². The number of carbonyl (C=O) groups excluding carboxylic acids is 1. The summed E-state index contributed by atoms with van der Waals surface area (Å²) in [5.41, 5.74) is 0. The van der Waals surface area contributed by atoms with Crippen molar-refractivity contribution in [2.75, 3.05) is 26.7 Å². The van der Waals surface area contributed by atoms with Gasteiger partial charge in [0, 0.05) is 26.2 Å². The predicted octanol–water partition coefficient (Wildman–Crippen LogP) is 0.716. The molecular weight excluding hydrogens is 228 g/mol. The number of hydrogen-bond acceptors (Lipinski definition) is 2. The molecule has 0 spiro atoms. The average Bonchev–Trinajstić information content (AvgIpc) is 3.06. The summed E-state index contributed by atoms with van der Waals surface area (Å²) in [4.78, 5) is 18.0. The molecule has 0 aromatic heterocycles. The van der Waals surface area contributed by atoms with Gasteiger partial charge in [-0.3, -0.25) is 9.79 Å². The molecule has 5 heteroatoms. The number of likely N-dealkylation sites (tertiary alicyclic amines) is 1. The summed E-state index contributed by atoms with van der Waals surface area (Å²) in [6, 6.07) is 0.526. The SMILES string of the molecule is CN=C(NCC(=O)N1CCCC1)NC1CCCC1. The third-order valence-corrected chi connectivity index (χ3v) is 3.79. The van der Waals surface area contributed by atoms with Crippen LogP contribution in [0.4, 0.5) is 0 Å². The van der Waals surface area contributed by atoms with Crippen LogP contribution in [0.5, 0.6) is 0 Å². The molecule has 1 saturated heterocycles. The van der Waals surface area contributed by atoms with Gasteiger partial charge in [-0.05, 0) is 25.7 Å². The molecule has 102 valence electrons. The second-order valence-electron chi connectivity index (χ2n) is 5.14. The fourth-order valence-electron chi connectivity index (χ4n) is 2.70. The third-order valence-electron chi connectivity index (χ3n) is 3.79. The Balaban J connectivity index is 1.71. The number of rotatable bonds is 3. The lowest BCUT2D eigenvalue weighted by atomic mass is 10.2. The highest BCUT2D eigenvalue weighted by Gasteiger charge is 2.19. The van der Waals surface area contributed by atoms with Crippen LogP contribution in [0, 0.1) is 0 Å². The third kappa shape index (κ3) is 3.62. The monoisotopic (exact) mass is 252 g/mol. The molecule has 2 fully saturated rings. The highest BCUT2D eigenvalue weighted by molar-refractivity contribution is 5.86. The molecule has 0 unspecified atom stereocenters. The maximum absolute atomic E-state index is 11.9. The van der Waals surface area contributed by atoms with Crippen LogP contribution in [0.1, 0.15) is 38.5 Å². The molecule has 0 atom stereocenters. The normalized spacial score (nSPS) is 21.4. The van der Waals surface area contributed by atoms with Crippen LogP contribution < -0.4 is 10.6 Å². The number of carbonyl (C=O) groups is 1. The van der Waals surface area contributed by atoms with Crippen LogP contribution in [0.15, 0.2) is 4.99 Å². The molecular formula is C13H24N4O. The van der Waals surface area contributed by atoms with E-state index in [1.54, 1.807) is 7.05 Å². The van der Waals surface area contributed by atoms with E-state index in [0.29, 0.717) is 12.6 Å². The van der Waals surface area contributed by atoms with E-state index >= 15 is 0 Å². The lowest BCUT2D eigenvalue weighted by Crippen LogP contribution is -2.46. The number of aliphatic imine (C=N–C) groups is 1. The van der Waals surface area contributed by atoms with Gasteiger partial charge in [0.2, 0.25) is 5.91 Å². The zero-order valence-corrected chi connectivity index (χ0v) is 11.2. The molecule has 18 heavy (non-hydrogen) atoms. The van der Waals surface area contributed by atoms with Crippen molar-refractivity contribution in [3.63, 3.8) is 0 Å². The van der Waals surface area contributed by atoms with Gasteiger partial charge in [-0.15, -0.1) is 0 Å². The Labute approximate surface area is 109 Å². The lowest BCUT2D eigenvalue weighted by molar-refractivity contribution is -0.128. The van der Waals surface area contributed by atoms with Crippen molar-refractivity contribution in [1.82, 2.24) is 15.5 Å². The Hall–Kier alpha value is -1.26. The van der Waals surface area contributed by atoms with Gasteiger partial charge in [-0.1, -0.05) is 12.8 Å². The summed E-state index contributed by atoms with van der Waals surface area (Å²) in [5, 5.41) is 6.50. The van der Waals surface area contributed by atoms with E-state index in [0.717, 1.165) is 31.9 Å². The standard InChI is InChI=1S/C13H24N4O/c1-14-13(16-11-6-2-3-7-11)15-10-12(18)17-8-4-5-9-17/h11H,2-10H2,1H3,(H2,14,15,16). The first-order chi connectivity index (χ1) is 8.79. The van der Waals surface area contributed by atoms with Gasteiger partial charge in [0.1, 0.15) is 0 Å².